The molecule has 1 aliphatic heterocycles. The first-order valence-corrected chi connectivity index (χ1v) is 6.25. The molecule has 0 radical (unpaired) electrons. The molecule has 2 aliphatic rings. The van der Waals surface area contributed by atoms with Gasteiger partial charge in [-0.2, -0.15) is 0 Å². The van der Waals surface area contributed by atoms with Gasteiger partial charge in [-0.1, -0.05) is 6.42 Å². The zero-order valence-corrected chi connectivity index (χ0v) is 9.04. The second-order valence-corrected chi connectivity index (χ2v) is 5.04. The molecule has 14 heavy (non-hydrogen) atoms. The van der Waals surface area contributed by atoms with Crippen molar-refractivity contribution in [3.05, 3.63) is 0 Å². The van der Waals surface area contributed by atoms with E-state index in [1.807, 2.05) is 0 Å². The van der Waals surface area contributed by atoms with Crippen molar-refractivity contribution in [2.75, 3.05) is 13.1 Å². The Kier molecular flexibility index (Phi) is 3.82. The highest BCUT2D eigenvalue weighted by Crippen LogP contribution is 2.33. The fraction of sp³-hybridized carbons (Fsp3) is 1.00. The van der Waals surface area contributed by atoms with Crippen LogP contribution in [0, 0.1) is 11.8 Å². The van der Waals surface area contributed by atoms with E-state index in [9.17, 15) is 5.11 Å². The van der Waals surface area contributed by atoms with Crippen molar-refractivity contribution in [2.24, 2.45) is 11.8 Å². The van der Waals surface area contributed by atoms with E-state index in [2.05, 4.69) is 5.32 Å². The van der Waals surface area contributed by atoms with Gasteiger partial charge in [0.15, 0.2) is 0 Å². The highest BCUT2D eigenvalue weighted by atomic mass is 16.3. The van der Waals surface area contributed by atoms with Gasteiger partial charge in [0.2, 0.25) is 0 Å². The lowest BCUT2D eigenvalue weighted by Gasteiger charge is -2.32. The lowest BCUT2D eigenvalue weighted by molar-refractivity contribution is 0.0407. The number of hydrogen-bond acceptors (Lipinski definition) is 2. The fourth-order valence-electron chi connectivity index (χ4n) is 2.69. The van der Waals surface area contributed by atoms with E-state index in [0.717, 1.165) is 18.9 Å². The Hall–Kier alpha value is -0.0800. The lowest BCUT2D eigenvalue weighted by Crippen LogP contribution is -2.29. The van der Waals surface area contributed by atoms with E-state index in [4.69, 9.17) is 0 Å². The van der Waals surface area contributed by atoms with Crippen LogP contribution in [0.1, 0.15) is 44.9 Å². The van der Waals surface area contributed by atoms with Gasteiger partial charge in [0.1, 0.15) is 0 Å². The zero-order chi connectivity index (χ0) is 9.80. The van der Waals surface area contributed by atoms with Crippen LogP contribution in [0.25, 0.3) is 0 Å². The van der Waals surface area contributed by atoms with Gasteiger partial charge in [0, 0.05) is 0 Å². The Morgan fingerprint density at radius 3 is 2.64 bits per heavy atom. The molecule has 2 heteroatoms. The average molecular weight is 197 g/mol. The number of hydrogen-bond donors (Lipinski definition) is 2. The van der Waals surface area contributed by atoms with Gasteiger partial charge in [0.05, 0.1) is 6.10 Å². The average Bonchev–Trinajstić information content (AvgIpc) is 2.29. The molecule has 1 heterocycles. The second-order valence-electron chi connectivity index (χ2n) is 5.04. The largest absolute Gasteiger partial charge is 0.393 e. The van der Waals surface area contributed by atoms with Crippen LogP contribution in [0.4, 0.5) is 0 Å². The monoisotopic (exact) mass is 197 g/mol. The van der Waals surface area contributed by atoms with E-state index >= 15 is 0 Å². The van der Waals surface area contributed by atoms with Gasteiger partial charge in [-0.3, -0.25) is 0 Å². The third-order valence-electron chi connectivity index (χ3n) is 3.96. The summed E-state index contributed by atoms with van der Waals surface area (Å²) in [4.78, 5) is 0. The molecule has 1 aliphatic carbocycles. The van der Waals surface area contributed by atoms with Crippen LogP contribution in [0.3, 0.4) is 0 Å². The summed E-state index contributed by atoms with van der Waals surface area (Å²) in [5, 5.41) is 13.4. The Morgan fingerprint density at radius 1 is 1.07 bits per heavy atom. The van der Waals surface area contributed by atoms with Gasteiger partial charge >= 0.3 is 0 Å². The van der Waals surface area contributed by atoms with Crippen LogP contribution in [0.5, 0.6) is 0 Å². The molecule has 2 rings (SSSR count). The Bertz CT molecular complexity index is 160. The minimum Gasteiger partial charge on any atom is -0.393 e. The maximum Gasteiger partial charge on any atom is 0.0571 e. The van der Waals surface area contributed by atoms with E-state index in [1.54, 1.807) is 0 Å². The van der Waals surface area contributed by atoms with Crippen LogP contribution in [-0.4, -0.2) is 24.3 Å². The molecule has 2 fully saturated rings. The maximum absolute atomic E-state index is 9.99. The predicted octanol–water partition coefficient (Wildman–Crippen LogP) is 1.93. The molecular formula is C12H23NO. The molecule has 2 nitrogen and oxygen atoms in total. The first kappa shape index (κ1) is 10.4. The topological polar surface area (TPSA) is 32.3 Å². The van der Waals surface area contributed by atoms with Gasteiger partial charge in [-0.25, -0.2) is 0 Å². The molecule has 82 valence electrons. The van der Waals surface area contributed by atoms with E-state index < -0.39 is 0 Å². The van der Waals surface area contributed by atoms with Gasteiger partial charge in [-0.05, 0) is 63.5 Å². The summed E-state index contributed by atoms with van der Waals surface area (Å²) in [6, 6.07) is 0. The smallest absolute Gasteiger partial charge is 0.0571 e. The molecule has 0 spiro atoms. The Labute approximate surface area is 87.1 Å². The summed E-state index contributed by atoms with van der Waals surface area (Å²) in [6.45, 7) is 2.33. The molecule has 1 saturated carbocycles. The van der Waals surface area contributed by atoms with Crippen molar-refractivity contribution in [1.82, 2.24) is 5.32 Å². The third kappa shape index (κ3) is 2.71. The molecule has 0 amide bonds. The van der Waals surface area contributed by atoms with Crippen molar-refractivity contribution in [1.29, 1.82) is 0 Å². The SMILES string of the molecule is OC(CC1CCCNCC1)C1CCC1. The quantitative estimate of drug-likeness (QED) is 0.724. The van der Waals surface area contributed by atoms with E-state index in [-0.39, 0.29) is 6.10 Å². The second kappa shape index (κ2) is 5.13. The fourth-order valence-corrected chi connectivity index (χ4v) is 2.69. The number of rotatable bonds is 3. The Balaban J connectivity index is 1.71. The molecule has 0 bridgehead atoms. The summed E-state index contributed by atoms with van der Waals surface area (Å²) < 4.78 is 0. The highest BCUT2D eigenvalue weighted by Gasteiger charge is 2.27. The Morgan fingerprint density at radius 2 is 1.93 bits per heavy atom. The van der Waals surface area contributed by atoms with Crippen molar-refractivity contribution < 1.29 is 5.11 Å². The van der Waals surface area contributed by atoms with Crippen molar-refractivity contribution in [2.45, 2.75) is 51.0 Å². The summed E-state index contributed by atoms with van der Waals surface area (Å²) >= 11 is 0. The van der Waals surface area contributed by atoms with Crippen LogP contribution < -0.4 is 5.32 Å². The molecule has 1 saturated heterocycles. The van der Waals surface area contributed by atoms with Crippen LogP contribution in [-0.2, 0) is 0 Å². The van der Waals surface area contributed by atoms with Gasteiger partial charge in [0.25, 0.3) is 0 Å². The van der Waals surface area contributed by atoms with Crippen molar-refractivity contribution in [3.63, 3.8) is 0 Å². The van der Waals surface area contributed by atoms with Crippen molar-refractivity contribution >= 4 is 0 Å². The van der Waals surface area contributed by atoms with Crippen LogP contribution in [0.2, 0.25) is 0 Å². The normalized spacial score (nSPS) is 31.9. The lowest BCUT2D eigenvalue weighted by atomic mass is 9.77. The number of aliphatic hydroxyl groups excluding tert-OH is 1. The molecule has 2 N–H and O–H groups in total. The first-order chi connectivity index (χ1) is 6.86. The molecule has 2 unspecified atom stereocenters. The molecule has 0 aromatic heterocycles. The molecule has 0 aromatic rings. The van der Waals surface area contributed by atoms with Gasteiger partial charge < -0.3 is 10.4 Å². The summed E-state index contributed by atoms with van der Waals surface area (Å²) in [5.74, 6) is 1.42. The zero-order valence-electron chi connectivity index (χ0n) is 9.04. The van der Waals surface area contributed by atoms with E-state index in [1.165, 1.54) is 45.1 Å². The van der Waals surface area contributed by atoms with Crippen LogP contribution in [0.15, 0.2) is 0 Å². The summed E-state index contributed by atoms with van der Waals surface area (Å²) in [7, 11) is 0. The highest BCUT2D eigenvalue weighted by molar-refractivity contribution is 4.80. The number of aliphatic hydroxyl groups is 1. The van der Waals surface area contributed by atoms with Crippen molar-refractivity contribution in [3.8, 4) is 0 Å². The standard InChI is InChI=1S/C12H23NO/c14-12(11-4-1-5-11)9-10-3-2-7-13-8-6-10/h10-14H,1-9H2. The predicted molar refractivity (Wildman–Crippen MR) is 58.2 cm³/mol. The summed E-state index contributed by atoms with van der Waals surface area (Å²) in [5.41, 5.74) is 0. The first-order valence-electron chi connectivity index (χ1n) is 6.25. The summed E-state index contributed by atoms with van der Waals surface area (Å²) in [6.07, 6.45) is 8.83. The third-order valence-corrected chi connectivity index (χ3v) is 3.96. The minimum absolute atomic E-state index is 0.00634. The van der Waals surface area contributed by atoms with Crippen LogP contribution >= 0.6 is 0 Å². The maximum atomic E-state index is 9.99. The molecular weight excluding hydrogens is 174 g/mol. The van der Waals surface area contributed by atoms with E-state index in [0.29, 0.717) is 5.92 Å². The minimum atomic E-state index is 0.00634. The molecule has 2 atom stereocenters. The van der Waals surface area contributed by atoms with Gasteiger partial charge in [-0.15, -0.1) is 0 Å². The molecule has 0 aromatic carbocycles. The number of nitrogens with one attached hydrogen (secondary N) is 1.